The van der Waals surface area contributed by atoms with Gasteiger partial charge < -0.3 is 14.2 Å². The molecule has 2 rings (SSSR count). The Morgan fingerprint density at radius 2 is 1.96 bits per heavy atom. The van der Waals surface area contributed by atoms with Crippen molar-refractivity contribution < 1.29 is 23.8 Å². The van der Waals surface area contributed by atoms with Crippen LogP contribution in [0, 0.1) is 0 Å². The minimum Gasteiger partial charge on any atom is -0.493 e. The normalized spacial score (nSPS) is 15.9. The van der Waals surface area contributed by atoms with Crippen molar-refractivity contribution >= 4 is 46.3 Å². The first-order valence-corrected chi connectivity index (χ1v) is 8.75. The van der Waals surface area contributed by atoms with Crippen LogP contribution in [0.5, 0.6) is 11.5 Å². The summed E-state index contributed by atoms with van der Waals surface area (Å²) in [7, 11) is 3.10. The summed E-state index contributed by atoms with van der Waals surface area (Å²) in [5.41, 5.74) is 0.767. The van der Waals surface area contributed by atoms with Crippen LogP contribution in [0.15, 0.2) is 23.1 Å². The van der Waals surface area contributed by atoms with Crippen molar-refractivity contribution in [2.75, 3.05) is 20.8 Å². The molecule has 25 heavy (non-hydrogen) atoms. The number of rotatable bonds is 6. The average molecular weight is 381 g/mol. The second kappa shape index (κ2) is 8.35. The van der Waals surface area contributed by atoms with Gasteiger partial charge in [-0.25, -0.2) is 0 Å². The van der Waals surface area contributed by atoms with Crippen LogP contribution in [-0.4, -0.2) is 48.0 Å². The molecular weight excluding hydrogens is 362 g/mol. The van der Waals surface area contributed by atoms with Gasteiger partial charge in [-0.2, -0.15) is 0 Å². The van der Waals surface area contributed by atoms with E-state index in [1.165, 1.54) is 4.90 Å². The van der Waals surface area contributed by atoms with E-state index in [4.69, 9.17) is 26.4 Å². The predicted octanol–water partition coefficient (Wildman–Crippen LogP) is 2.86. The summed E-state index contributed by atoms with van der Waals surface area (Å²) in [6.07, 6.45) is 1.46. The molecule has 1 aliphatic heterocycles. The molecule has 0 saturated carbocycles. The molecule has 1 saturated heterocycles. The first-order chi connectivity index (χ1) is 11.8. The molecule has 6 nitrogen and oxygen atoms in total. The Kier molecular flexibility index (Phi) is 6.44. The SMILES string of the molecule is COc1ccc(C=C2SC(=S)N(CC(=O)OC(C)C)C2=O)cc1OC. The number of carbonyl (C=O) groups excluding carboxylic acids is 2. The van der Waals surface area contributed by atoms with Gasteiger partial charge in [0.2, 0.25) is 0 Å². The first kappa shape index (κ1) is 19.3. The molecule has 1 fully saturated rings. The molecule has 1 aromatic carbocycles. The highest BCUT2D eigenvalue weighted by Gasteiger charge is 2.34. The van der Waals surface area contributed by atoms with Crippen molar-refractivity contribution in [1.82, 2.24) is 4.90 Å². The molecule has 1 aliphatic rings. The standard InChI is InChI=1S/C17H19NO5S2/c1-10(2)23-15(19)9-18-16(20)14(25-17(18)24)8-11-5-6-12(21-3)13(7-11)22-4/h5-8,10H,9H2,1-4H3. The second-order valence-electron chi connectivity index (χ2n) is 5.42. The van der Waals surface area contributed by atoms with E-state index >= 15 is 0 Å². The van der Waals surface area contributed by atoms with E-state index in [-0.39, 0.29) is 18.6 Å². The molecular formula is C17H19NO5S2. The summed E-state index contributed by atoms with van der Waals surface area (Å²) in [6.45, 7) is 3.31. The lowest BCUT2D eigenvalue weighted by Gasteiger charge is -2.14. The van der Waals surface area contributed by atoms with Crippen molar-refractivity contribution in [1.29, 1.82) is 0 Å². The maximum absolute atomic E-state index is 12.5. The van der Waals surface area contributed by atoms with E-state index in [2.05, 4.69) is 0 Å². The van der Waals surface area contributed by atoms with Crippen molar-refractivity contribution in [2.24, 2.45) is 0 Å². The summed E-state index contributed by atoms with van der Waals surface area (Å²) in [6, 6.07) is 5.32. The highest BCUT2D eigenvalue weighted by atomic mass is 32.2. The van der Waals surface area contributed by atoms with Crippen LogP contribution >= 0.6 is 24.0 Å². The third kappa shape index (κ3) is 4.73. The molecule has 0 bridgehead atoms. The lowest BCUT2D eigenvalue weighted by molar-refractivity contribution is -0.149. The molecule has 1 heterocycles. The Morgan fingerprint density at radius 3 is 2.56 bits per heavy atom. The zero-order chi connectivity index (χ0) is 18.6. The number of carbonyl (C=O) groups is 2. The van der Waals surface area contributed by atoms with Crippen LogP contribution < -0.4 is 9.47 Å². The van der Waals surface area contributed by atoms with Gasteiger partial charge in [0.25, 0.3) is 5.91 Å². The smallest absolute Gasteiger partial charge is 0.326 e. The van der Waals surface area contributed by atoms with Gasteiger partial charge in [-0.05, 0) is 37.6 Å². The summed E-state index contributed by atoms with van der Waals surface area (Å²) < 4.78 is 15.8. The Balaban J connectivity index is 2.18. The number of hydrogen-bond donors (Lipinski definition) is 0. The van der Waals surface area contributed by atoms with Gasteiger partial charge >= 0.3 is 5.97 Å². The molecule has 0 radical (unpaired) electrons. The van der Waals surface area contributed by atoms with E-state index in [0.717, 1.165) is 17.3 Å². The lowest BCUT2D eigenvalue weighted by Crippen LogP contribution is -2.35. The fourth-order valence-corrected chi connectivity index (χ4v) is 3.41. The van der Waals surface area contributed by atoms with E-state index in [0.29, 0.717) is 20.7 Å². The van der Waals surface area contributed by atoms with Gasteiger partial charge in [0, 0.05) is 0 Å². The highest BCUT2D eigenvalue weighted by molar-refractivity contribution is 8.26. The number of amides is 1. The number of esters is 1. The Labute approximate surface area is 156 Å². The summed E-state index contributed by atoms with van der Waals surface area (Å²) in [5, 5.41) is 0. The van der Waals surface area contributed by atoms with Gasteiger partial charge in [0.05, 0.1) is 25.2 Å². The zero-order valence-electron chi connectivity index (χ0n) is 14.4. The van der Waals surface area contributed by atoms with E-state index in [9.17, 15) is 9.59 Å². The minimum absolute atomic E-state index is 0.188. The van der Waals surface area contributed by atoms with Crippen molar-refractivity contribution in [3.8, 4) is 11.5 Å². The fourth-order valence-electron chi connectivity index (χ4n) is 2.16. The van der Waals surface area contributed by atoms with Crippen LogP contribution in [0.2, 0.25) is 0 Å². The summed E-state index contributed by atoms with van der Waals surface area (Å²) in [5.74, 6) is 0.361. The predicted molar refractivity (Wildman–Crippen MR) is 101 cm³/mol. The molecule has 0 N–H and O–H groups in total. The number of methoxy groups -OCH3 is 2. The third-order valence-corrected chi connectivity index (χ3v) is 4.61. The van der Waals surface area contributed by atoms with Crippen molar-refractivity contribution in [2.45, 2.75) is 20.0 Å². The molecule has 0 aromatic heterocycles. The van der Waals surface area contributed by atoms with Crippen LogP contribution in [0.1, 0.15) is 19.4 Å². The highest BCUT2D eigenvalue weighted by Crippen LogP contribution is 2.34. The number of hydrogen-bond acceptors (Lipinski definition) is 7. The molecule has 134 valence electrons. The molecule has 1 aromatic rings. The largest absolute Gasteiger partial charge is 0.493 e. The second-order valence-corrected chi connectivity index (χ2v) is 7.10. The Morgan fingerprint density at radius 1 is 1.28 bits per heavy atom. The maximum atomic E-state index is 12.5. The summed E-state index contributed by atoms with van der Waals surface area (Å²) >= 11 is 6.36. The van der Waals surface area contributed by atoms with Gasteiger partial charge in [-0.15, -0.1) is 0 Å². The third-order valence-electron chi connectivity index (χ3n) is 3.23. The average Bonchev–Trinajstić information content (AvgIpc) is 2.81. The van der Waals surface area contributed by atoms with Crippen molar-refractivity contribution in [3.63, 3.8) is 0 Å². The maximum Gasteiger partial charge on any atom is 0.326 e. The van der Waals surface area contributed by atoms with Gasteiger partial charge in [-0.3, -0.25) is 14.5 Å². The van der Waals surface area contributed by atoms with Crippen LogP contribution in [-0.2, 0) is 14.3 Å². The molecule has 0 atom stereocenters. The molecule has 0 unspecified atom stereocenters. The number of ether oxygens (including phenoxy) is 3. The number of thiocarbonyl (C=S) groups is 1. The zero-order valence-corrected chi connectivity index (χ0v) is 16.0. The quantitative estimate of drug-likeness (QED) is 0.426. The van der Waals surface area contributed by atoms with E-state index in [1.807, 2.05) is 0 Å². The molecule has 8 heteroatoms. The van der Waals surface area contributed by atoms with Crippen molar-refractivity contribution in [3.05, 3.63) is 28.7 Å². The van der Waals surface area contributed by atoms with E-state index < -0.39 is 5.97 Å². The monoisotopic (exact) mass is 381 g/mol. The molecule has 0 spiro atoms. The van der Waals surface area contributed by atoms with E-state index in [1.54, 1.807) is 52.3 Å². The number of benzene rings is 1. The fraction of sp³-hybridized carbons (Fsp3) is 0.353. The summed E-state index contributed by atoms with van der Waals surface area (Å²) in [4.78, 5) is 26.0. The van der Waals surface area contributed by atoms with Gasteiger partial charge in [-0.1, -0.05) is 30.0 Å². The number of thioether (sulfide) groups is 1. The van der Waals surface area contributed by atoms with Crippen LogP contribution in [0.4, 0.5) is 0 Å². The Bertz CT molecular complexity index is 730. The van der Waals surface area contributed by atoms with Crippen LogP contribution in [0.25, 0.3) is 6.08 Å². The minimum atomic E-state index is -0.487. The van der Waals surface area contributed by atoms with Gasteiger partial charge in [0.15, 0.2) is 11.5 Å². The molecule has 1 amide bonds. The topological polar surface area (TPSA) is 65.1 Å². The molecule has 0 aliphatic carbocycles. The lowest BCUT2D eigenvalue weighted by atomic mass is 10.2. The van der Waals surface area contributed by atoms with Crippen LogP contribution in [0.3, 0.4) is 0 Å². The Hall–Kier alpha value is -2.06. The number of nitrogens with zero attached hydrogens (tertiary/aromatic N) is 1. The first-order valence-electron chi connectivity index (χ1n) is 7.52. The van der Waals surface area contributed by atoms with Gasteiger partial charge in [0.1, 0.15) is 10.9 Å².